The molecule has 0 bridgehead atoms. The second-order valence-corrected chi connectivity index (χ2v) is 6.56. The number of fused-ring (bicyclic) bond motifs is 1. The molecule has 21 heavy (non-hydrogen) atoms. The van der Waals surface area contributed by atoms with Crippen molar-refractivity contribution in [1.29, 1.82) is 0 Å². The molecule has 0 aliphatic carbocycles. The van der Waals surface area contributed by atoms with Crippen molar-refractivity contribution in [3.8, 4) is 5.75 Å². The molecule has 1 N–H and O–H groups in total. The molecule has 2 atom stereocenters. The van der Waals surface area contributed by atoms with Crippen LogP contribution in [-0.2, 0) is 0 Å². The summed E-state index contributed by atoms with van der Waals surface area (Å²) < 4.78 is 6.48. The lowest BCUT2D eigenvalue weighted by molar-refractivity contribution is 0.145. The number of halogens is 2. The summed E-state index contributed by atoms with van der Waals surface area (Å²) in [6.45, 7) is 0.707. The van der Waals surface area contributed by atoms with Crippen LogP contribution in [0.25, 0.3) is 0 Å². The van der Waals surface area contributed by atoms with Crippen LogP contribution in [0.4, 0.5) is 0 Å². The maximum absolute atomic E-state index is 10.5. The predicted octanol–water partition coefficient (Wildman–Crippen LogP) is 5.09. The Morgan fingerprint density at radius 2 is 2.10 bits per heavy atom. The van der Waals surface area contributed by atoms with Crippen LogP contribution in [-0.4, -0.2) is 11.7 Å². The van der Waals surface area contributed by atoms with Crippen molar-refractivity contribution in [3.63, 3.8) is 0 Å². The molecule has 3 rings (SSSR count). The molecule has 0 radical (unpaired) electrons. The van der Waals surface area contributed by atoms with Crippen LogP contribution in [0.5, 0.6) is 5.75 Å². The largest absolute Gasteiger partial charge is 0.493 e. The number of aliphatic hydroxyl groups is 1. The summed E-state index contributed by atoms with van der Waals surface area (Å²) in [5, 5.41) is 11.2. The Morgan fingerprint density at radius 3 is 2.90 bits per heavy atom. The van der Waals surface area contributed by atoms with E-state index in [1.807, 2.05) is 36.4 Å². The summed E-state index contributed by atoms with van der Waals surface area (Å²) in [5.41, 5.74) is 2.08. The minimum absolute atomic E-state index is 0.319. The monoisotopic (exact) mass is 366 g/mol. The summed E-state index contributed by atoms with van der Waals surface area (Å²) in [4.78, 5) is 0. The van der Waals surface area contributed by atoms with E-state index in [0.717, 1.165) is 22.2 Å². The van der Waals surface area contributed by atoms with Gasteiger partial charge in [-0.15, -0.1) is 0 Å². The van der Waals surface area contributed by atoms with E-state index in [2.05, 4.69) is 22.0 Å². The van der Waals surface area contributed by atoms with Crippen molar-refractivity contribution in [2.24, 2.45) is 0 Å². The normalized spacial score (nSPS) is 18.7. The number of rotatable bonds is 3. The minimum Gasteiger partial charge on any atom is -0.493 e. The van der Waals surface area contributed by atoms with Gasteiger partial charge in [-0.3, -0.25) is 0 Å². The zero-order valence-corrected chi connectivity index (χ0v) is 13.8. The van der Waals surface area contributed by atoms with Gasteiger partial charge in [0, 0.05) is 4.47 Å². The molecular formula is C17H16BrClO2. The lowest BCUT2D eigenvalue weighted by atomic mass is 9.86. The van der Waals surface area contributed by atoms with E-state index in [0.29, 0.717) is 24.0 Å². The van der Waals surface area contributed by atoms with Crippen LogP contribution in [0.2, 0.25) is 5.02 Å². The molecule has 0 saturated heterocycles. The summed E-state index contributed by atoms with van der Waals surface area (Å²) in [5.74, 6) is 1.26. The molecule has 1 aliphatic rings. The Balaban J connectivity index is 1.79. The van der Waals surface area contributed by atoms with Gasteiger partial charge in [0.15, 0.2) is 0 Å². The van der Waals surface area contributed by atoms with Gasteiger partial charge in [-0.25, -0.2) is 0 Å². The number of ether oxygens (including phenoxy) is 1. The summed E-state index contributed by atoms with van der Waals surface area (Å²) in [6.07, 6.45) is 1.12. The zero-order valence-electron chi connectivity index (χ0n) is 11.4. The van der Waals surface area contributed by atoms with Crippen molar-refractivity contribution in [2.75, 3.05) is 6.61 Å². The number of para-hydroxylation sites is 1. The molecule has 1 aliphatic heterocycles. The van der Waals surface area contributed by atoms with Crippen LogP contribution in [0.15, 0.2) is 46.9 Å². The average Bonchev–Trinajstić information content (AvgIpc) is 2.50. The van der Waals surface area contributed by atoms with Crippen LogP contribution in [0, 0.1) is 0 Å². The van der Waals surface area contributed by atoms with E-state index < -0.39 is 6.10 Å². The molecule has 0 fully saturated rings. The summed E-state index contributed by atoms with van der Waals surface area (Å²) >= 11 is 9.40. The number of hydrogen-bond acceptors (Lipinski definition) is 2. The lowest BCUT2D eigenvalue weighted by Gasteiger charge is -2.27. The fourth-order valence-electron chi connectivity index (χ4n) is 2.79. The van der Waals surface area contributed by atoms with Crippen molar-refractivity contribution in [3.05, 3.63) is 63.1 Å². The number of hydrogen-bond donors (Lipinski definition) is 1. The highest BCUT2D eigenvalue weighted by molar-refractivity contribution is 9.10. The van der Waals surface area contributed by atoms with Crippen molar-refractivity contribution in [2.45, 2.75) is 24.9 Å². The van der Waals surface area contributed by atoms with Gasteiger partial charge in [-0.1, -0.05) is 35.9 Å². The first-order valence-electron chi connectivity index (χ1n) is 7.00. The molecule has 110 valence electrons. The molecule has 2 unspecified atom stereocenters. The lowest BCUT2D eigenvalue weighted by Crippen LogP contribution is -2.16. The van der Waals surface area contributed by atoms with E-state index in [1.54, 1.807) is 0 Å². The second-order valence-electron chi connectivity index (χ2n) is 5.30. The number of aliphatic hydroxyl groups excluding tert-OH is 1. The molecule has 2 aromatic carbocycles. The van der Waals surface area contributed by atoms with Gasteiger partial charge >= 0.3 is 0 Å². The van der Waals surface area contributed by atoms with E-state index in [-0.39, 0.29) is 0 Å². The van der Waals surface area contributed by atoms with Gasteiger partial charge in [-0.2, -0.15) is 0 Å². The van der Waals surface area contributed by atoms with Gasteiger partial charge in [-0.05, 0) is 64.0 Å². The Labute approximate surface area is 137 Å². The van der Waals surface area contributed by atoms with Gasteiger partial charge in [0.25, 0.3) is 0 Å². The van der Waals surface area contributed by atoms with Crippen LogP contribution in [0.1, 0.15) is 36.0 Å². The van der Waals surface area contributed by atoms with Crippen molar-refractivity contribution < 1.29 is 9.84 Å². The molecule has 0 saturated carbocycles. The Kier molecular flexibility index (Phi) is 4.53. The molecule has 2 nitrogen and oxygen atoms in total. The average molecular weight is 368 g/mol. The van der Waals surface area contributed by atoms with E-state index in [4.69, 9.17) is 16.3 Å². The quantitative estimate of drug-likeness (QED) is 0.818. The highest BCUT2D eigenvalue weighted by Crippen LogP contribution is 2.39. The van der Waals surface area contributed by atoms with Crippen LogP contribution < -0.4 is 4.74 Å². The van der Waals surface area contributed by atoms with Crippen molar-refractivity contribution in [1.82, 2.24) is 0 Å². The van der Waals surface area contributed by atoms with Gasteiger partial charge in [0.05, 0.1) is 17.7 Å². The third-order valence-electron chi connectivity index (χ3n) is 3.92. The molecule has 2 aromatic rings. The highest BCUT2D eigenvalue weighted by Gasteiger charge is 2.24. The van der Waals surface area contributed by atoms with E-state index >= 15 is 0 Å². The standard InChI is InChI=1S/C17H16BrClO2/c18-14-9-12(5-6-15(14)19)16(20)10-11-7-8-21-17-4-2-1-3-13(11)17/h1-6,9,11,16,20H,7-8,10H2. The maximum Gasteiger partial charge on any atom is 0.122 e. The fourth-order valence-corrected chi connectivity index (χ4v) is 3.30. The Bertz CT molecular complexity index is 644. The molecular weight excluding hydrogens is 352 g/mol. The van der Waals surface area contributed by atoms with Gasteiger partial charge in [0.1, 0.15) is 5.75 Å². The van der Waals surface area contributed by atoms with Crippen LogP contribution in [0.3, 0.4) is 0 Å². The summed E-state index contributed by atoms with van der Waals surface area (Å²) in [7, 11) is 0. The molecule has 4 heteroatoms. The number of benzene rings is 2. The SMILES string of the molecule is OC(CC1CCOc2ccccc21)c1ccc(Cl)c(Br)c1. The minimum atomic E-state index is -0.505. The van der Waals surface area contributed by atoms with E-state index in [1.165, 1.54) is 5.56 Å². The molecule has 0 amide bonds. The predicted molar refractivity (Wildman–Crippen MR) is 88.0 cm³/mol. The fraction of sp³-hybridized carbons (Fsp3) is 0.294. The zero-order chi connectivity index (χ0) is 14.8. The van der Waals surface area contributed by atoms with Gasteiger partial charge in [0.2, 0.25) is 0 Å². The third kappa shape index (κ3) is 3.25. The second kappa shape index (κ2) is 6.39. The Hall–Kier alpha value is -1.03. The van der Waals surface area contributed by atoms with Crippen LogP contribution >= 0.6 is 27.5 Å². The Morgan fingerprint density at radius 1 is 1.29 bits per heavy atom. The molecule has 1 heterocycles. The smallest absolute Gasteiger partial charge is 0.122 e. The first-order chi connectivity index (χ1) is 10.1. The highest BCUT2D eigenvalue weighted by atomic mass is 79.9. The van der Waals surface area contributed by atoms with E-state index in [9.17, 15) is 5.11 Å². The first kappa shape index (κ1) is 14.9. The summed E-state index contributed by atoms with van der Waals surface area (Å²) in [6, 6.07) is 13.7. The maximum atomic E-state index is 10.5. The van der Waals surface area contributed by atoms with Crippen molar-refractivity contribution >= 4 is 27.5 Å². The van der Waals surface area contributed by atoms with Gasteiger partial charge < -0.3 is 9.84 Å². The molecule has 0 spiro atoms. The topological polar surface area (TPSA) is 29.5 Å². The third-order valence-corrected chi connectivity index (χ3v) is 5.13. The molecule has 0 aromatic heterocycles. The first-order valence-corrected chi connectivity index (χ1v) is 8.17.